The number of benzene rings is 1. The number of hydrogen-bond acceptors (Lipinski definition) is 7. The Labute approximate surface area is 165 Å². The third-order valence-corrected chi connectivity index (χ3v) is 3.92. The number of primary amides is 1. The second kappa shape index (κ2) is 7.53. The Bertz CT molecular complexity index is 1180. The fourth-order valence-electron chi connectivity index (χ4n) is 2.46. The Morgan fingerprint density at radius 2 is 2.14 bits per heavy atom. The standard InChI is InChI=1S/C20H16FN5O3/c1-3-20(28,19-26-25-11(2)29-19)8-7-12-5-4-6-13(9-12)16-14(21)10-15(22)17(24-16)18(23)27/h3-6,9-10,28H,1,22H2,2H3,(H2,23,27)/t20-/m1/s1. The zero-order valence-electron chi connectivity index (χ0n) is 15.3. The lowest BCUT2D eigenvalue weighted by Gasteiger charge is -2.11. The van der Waals surface area contributed by atoms with Crippen LogP contribution in [0.25, 0.3) is 11.3 Å². The van der Waals surface area contributed by atoms with Crippen molar-refractivity contribution < 1.29 is 18.7 Å². The van der Waals surface area contributed by atoms with Crippen molar-refractivity contribution in [1.82, 2.24) is 15.2 Å². The van der Waals surface area contributed by atoms with Crippen LogP contribution >= 0.6 is 0 Å². The Balaban J connectivity index is 2.02. The molecule has 0 saturated carbocycles. The van der Waals surface area contributed by atoms with Gasteiger partial charge in [-0.05, 0) is 24.1 Å². The van der Waals surface area contributed by atoms with E-state index in [0.29, 0.717) is 11.1 Å². The Morgan fingerprint density at radius 3 is 2.76 bits per heavy atom. The summed E-state index contributed by atoms with van der Waals surface area (Å²) in [5.74, 6) is 3.92. The van der Waals surface area contributed by atoms with Crippen molar-refractivity contribution >= 4 is 11.6 Å². The minimum atomic E-state index is -1.86. The summed E-state index contributed by atoms with van der Waals surface area (Å²) in [5.41, 5.74) is 9.23. The van der Waals surface area contributed by atoms with Crippen molar-refractivity contribution in [3.63, 3.8) is 0 Å². The van der Waals surface area contributed by atoms with Crippen LogP contribution in [0.1, 0.15) is 27.8 Å². The fourth-order valence-corrected chi connectivity index (χ4v) is 2.46. The summed E-state index contributed by atoms with van der Waals surface area (Å²) < 4.78 is 19.6. The average Bonchev–Trinajstić information content (AvgIpc) is 3.13. The molecule has 0 aliphatic rings. The average molecular weight is 393 g/mol. The van der Waals surface area contributed by atoms with Crippen LogP contribution < -0.4 is 11.5 Å². The van der Waals surface area contributed by atoms with Gasteiger partial charge in [-0.1, -0.05) is 24.6 Å². The molecule has 0 aliphatic carbocycles. The predicted octanol–water partition coefficient (Wildman–Crippen LogP) is 1.69. The van der Waals surface area contributed by atoms with E-state index in [1.165, 1.54) is 6.07 Å². The van der Waals surface area contributed by atoms with Crippen LogP contribution in [0, 0.1) is 24.6 Å². The molecule has 3 rings (SSSR count). The number of anilines is 1. The number of pyridine rings is 1. The summed E-state index contributed by atoms with van der Waals surface area (Å²) in [6.07, 6.45) is 1.16. The molecule has 0 saturated heterocycles. The van der Waals surface area contributed by atoms with Gasteiger partial charge in [0, 0.05) is 24.1 Å². The smallest absolute Gasteiger partial charge is 0.269 e. The van der Waals surface area contributed by atoms with Crippen LogP contribution in [-0.4, -0.2) is 26.2 Å². The third-order valence-electron chi connectivity index (χ3n) is 3.92. The Morgan fingerprint density at radius 1 is 1.38 bits per heavy atom. The molecule has 5 N–H and O–H groups in total. The fraction of sp³-hybridized carbons (Fsp3) is 0.100. The summed E-state index contributed by atoms with van der Waals surface area (Å²) >= 11 is 0. The molecule has 2 aromatic heterocycles. The van der Waals surface area contributed by atoms with Crippen molar-refractivity contribution in [3.05, 3.63) is 71.8 Å². The summed E-state index contributed by atoms with van der Waals surface area (Å²) in [5, 5.41) is 18.0. The quantitative estimate of drug-likeness (QED) is 0.452. The molecule has 0 unspecified atom stereocenters. The first kappa shape index (κ1) is 19.7. The van der Waals surface area contributed by atoms with Crippen molar-refractivity contribution in [2.45, 2.75) is 12.5 Å². The molecule has 2 heterocycles. The molecule has 1 amide bonds. The predicted molar refractivity (Wildman–Crippen MR) is 103 cm³/mol. The topological polar surface area (TPSA) is 141 Å². The largest absolute Gasteiger partial charge is 0.421 e. The third kappa shape index (κ3) is 3.97. The first-order valence-corrected chi connectivity index (χ1v) is 8.29. The van der Waals surface area contributed by atoms with E-state index in [-0.39, 0.29) is 28.9 Å². The van der Waals surface area contributed by atoms with Gasteiger partial charge in [-0.2, -0.15) is 0 Å². The normalized spacial score (nSPS) is 12.5. The van der Waals surface area contributed by atoms with Gasteiger partial charge in [0.25, 0.3) is 11.8 Å². The van der Waals surface area contributed by atoms with Crippen LogP contribution in [0.5, 0.6) is 0 Å². The monoisotopic (exact) mass is 393 g/mol. The van der Waals surface area contributed by atoms with Crippen molar-refractivity contribution in [3.8, 4) is 23.1 Å². The van der Waals surface area contributed by atoms with Gasteiger partial charge in [0.15, 0.2) is 11.5 Å². The maximum atomic E-state index is 14.4. The number of aromatic nitrogens is 3. The number of rotatable bonds is 4. The summed E-state index contributed by atoms with van der Waals surface area (Å²) in [7, 11) is 0. The first-order chi connectivity index (χ1) is 13.7. The first-order valence-electron chi connectivity index (χ1n) is 8.29. The maximum absolute atomic E-state index is 14.4. The summed E-state index contributed by atoms with van der Waals surface area (Å²) in [4.78, 5) is 15.4. The molecule has 0 fully saturated rings. The number of halogens is 1. The molecule has 29 heavy (non-hydrogen) atoms. The Kier molecular flexibility index (Phi) is 5.12. The van der Waals surface area contributed by atoms with Gasteiger partial charge in [-0.25, -0.2) is 9.37 Å². The SMILES string of the molecule is C=C[C@@](O)(C#Cc1cccc(-c2nc(C(N)=O)c(N)cc2F)c1)c1nnc(C)o1. The van der Waals surface area contributed by atoms with Gasteiger partial charge in [-0.15, -0.1) is 10.2 Å². The van der Waals surface area contributed by atoms with E-state index >= 15 is 0 Å². The molecular formula is C20H16FN5O3. The minimum absolute atomic E-state index is 0.108. The number of aryl methyl sites for hydroxylation is 1. The lowest BCUT2D eigenvalue weighted by atomic mass is 10.0. The van der Waals surface area contributed by atoms with Crippen molar-refractivity contribution in [1.29, 1.82) is 0 Å². The van der Waals surface area contributed by atoms with Crippen LogP contribution in [0.15, 0.2) is 47.4 Å². The molecule has 146 valence electrons. The number of nitrogen functional groups attached to an aromatic ring is 1. The van der Waals surface area contributed by atoms with Gasteiger partial charge >= 0.3 is 0 Å². The number of nitrogens with zero attached hydrogens (tertiary/aromatic N) is 3. The van der Waals surface area contributed by atoms with Gasteiger partial charge < -0.3 is 21.0 Å². The van der Waals surface area contributed by atoms with E-state index < -0.39 is 17.3 Å². The minimum Gasteiger partial charge on any atom is -0.421 e. The number of aliphatic hydroxyl groups is 1. The molecule has 1 atom stereocenters. The second-order valence-corrected chi connectivity index (χ2v) is 6.05. The molecule has 0 radical (unpaired) electrons. The van der Waals surface area contributed by atoms with E-state index in [9.17, 15) is 14.3 Å². The number of amides is 1. The molecule has 3 aromatic rings. The summed E-state index contributed by atoms with van der Waals surface area (Å²) in [6.45, 7) is 5.12. The highest BCUT2D eigenvalue weighted by Gasteiger charge is 2.29. The van der Waals surface area contributed by atoms with Crippen molar-refractivity contribution in [2.75, 3.05) is 5.73 Å². The van der Waals surface area contributed by atoms with E-state index in [1.54, 1.807) is 25.1 Å². The van der Waals surface area contributed by atoms with Crippen LogP contribution in [0.4, 0.5) is 10.1 Å². The van der Waals surface area contributed by atoms with E-state index in [0.717, 1.165) is 12.1 Å². The van der Waals surface area contributed by atoms with Gasteiger partial charge in [0.05, 0.1) is 5.69 Å². The Hall–Kier alpha value is -4.03. The maximum Gasteiger partial charge on any atom is 0.269 e. The summed E-state index contributed by atoms with van der Waals surface area (Å²) in [6, 6.07) is 7.35. The van der Waals surface area contributed by atoms with Gasteiger partial charge in [0.1, 0.15) is 5.69 Å². The van der Waals surface area contributed by atoms with E-state index in [1.807, 2.05) is 0 Å². The number of carbonyl (C=O) groups excluding carboxylic acids is 1. The number of nitrogens with two attached hydrogens (primary N) is 2. The molecule has 8 nitrogen and oxygen atoms in total. The molecule has 0 aliphatic heterocycles. The van der Waals surface area contributed by atoms with Crippen LogP contribution in [0.2, 0.25) is 0 Å². The molecule has 1 aromatic carbocycles. The van der Waals surface area contributed by atoms with E-state index in [2.05, 4.69) is 33.6 Å². The zero-order valence-corrected chi connectivity index (χ0v) is 15.3. The number of hydrogen-bond donors (Lipinski definition) is 3. The number of carbonyl (C=O) groups is 1. The molecule has 9 heteroatoms. The van der Waals surface area contributed by atoms with Crippen molar-refractivity contribution in [2.24, 2.45) is 5.73 Å². The van der Waals surface area contributed by atoms with Crippen LogP contribution in [-0.2, 0) is 5.60 Å². The lowest BCUT2D eigenvalue weighted by Crippen LogP contribution is -2.20. The molecular weight excluding hydrogens is 377 g/mol. The zero-order chi connectivity index (χ0) is 21.2. The molecule has 0 bridgehead atoms. The lowest BCUT2D eigenvalue weighted by molar-refractivity contribution is 0.0996. The van der Waals surface area contributed by atoms with Gasteiger partial charge in [-0.3, -0.25) is 4.79 Å². The highest BCUT2D eigenvalue weighted by Crippen LogP contribution is 2.25. The van der Waals surface area contributed by atoms with Gasteiger partial charge in [0.2, 0.25) is 11.5 Å². The van der Waals surface area contributed by atoms with Crippen LogP contribution in [0.3, 0.4) is 0 Å². The molecule has 0 spiro atoms. The highest BCUT2D eigenvalue weighted by molar-refractivity contribution is 5.96. The second-order valence-electron chi connectivity index (χ2n) is 6.05. The highest BCUT2D eigenvalue weighted by atomic mass is 19.1. The van der Waals surface area contributed by atoms with E-state index in [4.69, 9.17) is 15.9 Å².